The second kappa shape index (κ2) is 5.70. The van der Waals surface area contributed by atoms with Gasteiger partial charge in [-0.1, -0.05) is 26.7 Å². The van der Waals surface area contributed by atoms with Gasteiger partial charge in [0.25, 0.3) is 5.91 Å². The first kappa shape index (κ1) is 14.6. The molecule has 0 radical (unpaired) electrons. The van der Waals surface area contributed by atoms with Gasteiger partial charge in [0.1, 0.15) is 5.69 Å². The van der Waals surface area contributed by atoms with Gasteiger partial charge in [-0.2, -0.15) is 0 Å². The maximum Gasteiger partial charge on any atom is 0.268 e. The molecule has 3 nitrogen and oxygen atoms in total. The van der Waals surface area contributed by atoms with Crippen molar-refractivity contribution >= 4 is 21.8 Å². The van der Waals surface area contributed by atoms with E-state index >= 15 is 0 Å². The molecule has 2 rings (SSSR count). The summed E-state index contributed by atoms with van der Waals surface area (Å²) < 4.78 is 2.94. The average molecular weight is 327 g/mol. The van der Waals surface area contributed by atoms with E-state index in [0.29, 0.717) is 0 Å². The molecular weight excluding hydrogens is 304 g/mol. The first-order valence-corrected chi connectivity index (χ1v) is 7.90. The Bertz CT molecular complexity index is 465. The van der Waals surface area contributed by atoms with E-state index in [1.54, 1.807) is 0 Å². The van der Waals surface area contributed by atoms with Crippen molar-refractivity contribution in [2.45, 2.75) is 59.0 Å². The summed E-state index contributed by atoms with van der Waals surface area (Å²) in [5.74, 6) is 0.0486. The fourth-order valence-corrected chi connectivity index (χ4v) is 3.38. The van der Waals surface area contributed by atoms with Crippen LogP contribution in [0, 0.1) is 5.41 Å². The molecule has 1 aliphatic rings. The van der Waals surface area contributed by atoms with Gasteiger partial charge in [0, 0.05) is 23.3 Å². The Labute approximate surface area is 123 Å². The second-order valence-corrected chi connectivity index (χ2v) is 7.01. The number of rotatable bonds is 3. The zero-order valence-electron chi connectivity index (χ0n) is 12.0. The average Bonchev–Trinajstić information content (AvgIpc) is 2.73. The molecule has 1 aromatic rings. The first-order valence-electron chi connectivity index (χ1n) is 7.10. The van der Waals surface area contributed by atoms with Crippen molar-refractivity contribution in [3.8, 4) is 0 Å². The molecule has 1 amide bonds. The van der Waals surface area contributed by atoms with Crippen LogP contribution in [-0.4, -0.2) is 16.5 Å². The van der Waals surface area contributed by atoms with Crippen LogP contribution < -0.4 is 5.32 Å². The Morgan fingerprint density at radius 1 is 1.53 bits per heavy atom. The summed E-state index contributed by atoms with van der Waals surface area (Å²) in [6, 6.07) is 2.18. The molecule has 0 saturated heterocycles. The molecule has 1 atom stereocenters. The summed E-state index contributed by atoms with van der Waals surface area (Å²) in [6.07, 6.45) is 6.73. The molecule has 0 bridgehead atoms. The fourth-order valence-electron chi connectivity index (χ4n) is 2.92. The Kier molecular flexibility index (Phi) is 4.39. The molecule has 1 aromatic heterocycles. The quantitative estimate of drug-likeness (QED) is 0.895. The standard InChI is InChI=1S/C15H23BrN2O/c1-4-18-10-11(16)9-12(18)14(19)17-13-7-5-6-8-15(13,2)3/h9-10,13H,4-8H2,1-3H3,(H,17,19). The van der Waals surface area contributed by atoms with Crippen molar-refractivity contribution in [3.05, 3.63) is 22.4 Å². The van der Waals surface area contributed by atoms with Crippen molar-refractivity contribution in [1.82, 2.24) is 9.88 Å². The van der Waals surface area contributed by atoms with Gasteiger partial charge in [-0.15, -0.1) is 0 Å². The number of carbonyl (C=O) groups is 1. The summed E-state index contributed by atoms with van der Waals surface area (Å²) in [5, 5.41) is 3.23. The van der Waals surface area contributed by atoms with Crippen LogP contribution in [0.2, 0.25) is 0 Å². The van der Waals surface area contributed by atoms with Gasteiger partial charge in [-0.25, -0.2) is 0 Å². The predicted molar refractivity (Wildman–Crippen MR) is 81.3 cm³/mol. The molecular formula is C15H23BrN2O. The zero-order valence-corrected chi connectivity index (χ0v) is 13.6. The molecule has 1 aliphatic carbocycles. The van der Waals surface area contributed by atoms with Crippen LogP contribution in [0.15, 0.2) is 16.7 Å². The Morgan fingerprint density at radius 2 is 2.26 bits per heavy atom. The lowest BCUT2D eigenvalue weighted by atomic mass is 9.73. The minimum absolute atomic E-state index is 0.0486. The van der Waals surface area contributed by atoms with Crippen LogP contribution in [0.3, 0.4) is 0 Å². The van der Waals surface area contributed by atoms with Gasteiger partial charge >= 0.3 is 0 Å². The van der Waals surface area contributed by atoms with E-state index in [1.165, 1.54) is 19.3 Å². The van der Waals surface area contributed by atoms with E-state index < -0.39 is 0 Å². The van der Waals surface area contributed by atoms with Crippen LogP contribution in [-0.2, 0) is 6.54 Å². The van der Waals surface area contributed by atoms with Gasteiger partial charge in [-0.05, 0) is 47.2 Å². The second-order valence-electron chi connectivity index (χ2n) is 6.09. The molecule has 1 fully saturated rings. The van der Waals surface area contributed by atoms with Crippen LogP contribution >= 0.6 is 15.9 Å². The van der Waals surface area contributed by atoms with Crippen molar-refractivity contribution in [1.29, 1.82) is 0 Å². The summed E-state index contributed by atoms with van der Waals surface area (Å²) in [6.45, 7) is 7.37. The van der Waals surface area contributed by atoms with Gasteiger partial charge < -0.3 is 9.88 Å². The fraction of sp³-hybridized carbons (Fsp3) is 0.667. The van der Waals surface area contributed by atoms with E-state index in [2.05, 4.69) is 35.1 Å². The smallest absolute Gasteiger partial charge is 0.268 e. The number of amides is 1. The molecule has 1 N–H and O–H groups in total. The third-order valence-electron chi connectivity index (χ3n) is 4.25. The van der Waals surface area contributed by atoms with Gasteiger partial charge in [0.05, 0.1) is 0 Å². The van der Waals surface area contributed by atoms with Crippen LogP contribution in [0.25, 0.3) is 0 Å². The number of hydrogen-bond donors (Lipinski definition) is 1. The Balaban J connectivity index is 2.12. The number of nitrogens with one attached hydrogen (secondary N) is 1. The molecule has 0 spiro atoms. The number of nitrogens with zero attached hydrogens (tertiary/aromatic N) is 1. The Hall–Kier alpha value is -0.770. The van der Waals surface area contributed by atoms with Crippen molar-refractivity contribution < 1.29 is 4.79 Å². The van der Waals surface area contributed by atoms with E-state index in [-0.39, 0.29) is 17.4 Å². The van der Waals surface area contributed by atoms with Gasteiger partial charge in [0.2, 0.25) is 0 Å². The van der Waals surface area contributed by atoms with Crippen molar-refractivity contribution in [2.75, 3.05) is 0 Å². The molecule has 4 heteroatoms. The lowest BCUT2D eigenvalue weighted by Crippen LogP contribution is -2.47. The highest BCUT2D eigenvalue weighted by Crippen LogP contribution is 2.35. The summed E-state index contributed by atoms with van der Waals surface area (Å²) in [4.78, 5) is 12.4. The maximum absolute atomic E-state index is 12.4. The lowest BCUT2D eigenvalue weighted by molar-refractivity contribution is 0.0844. The molecule has 1 unspecified atom stereocenters. The monoisotopic (exact) mass is 326 g/mol. The lowest BCUT2D eigenvalue weighted by Gasteiger charge is -2.39. The highest BCUT2D eigenvalue weighted by molar-refractivity contribution is 9.10. The van der Waals surface area contributed by atoms with E-state index in [0.717, 1.165) is 23.1 Å². The number of carbonyl (C=O) groups excluding carboxylic acids is 1. The molecule has 1 heterocycles. The Morgan fingerprint density at radius 3 is 2.89 bits per heavy atom. The van der Waals surface area contributed by atoms with Gasteiger partial charge in [0.15, 0.2) is 0 Å². The number of aryl methyl sites for hydroxylation is 1. The predicted octanol–water partition coefficient (Wildman–Crippen LogP) is 3.97. The van der Waals surface area contributed by atoms with E-state index in [1.807, 2.05) is 23.8 Å². The molecule has 106 valence electrons. The zero-order chi connectivity index (χ0) is 14.0. The molecule has 0 aromatic carbocycles. The molecule has 1 saturated carbocycles. The summed E-state index contributed by atoms with van der Waals surface area (Å²) >= 11 is 3.44. The molecule has 0 aliphatic heterocycles. The van der Waals surface area contributed by atoms with E-state index in [4.69, 9.17) is 0 Å². The third kappa shape index (κ3) is 3.22. The number of aromatic nitrogens is 1. The maximum atomic E-state index is 12.4. The van der Waals surface area contributed by atoms with Crippen LogP contribution in [0.1, 0.15) is 56.9 Å². The van der Waals surface area contributed by atoms with Crippen LogP contribution in [0.5, 0.6) is 0 Å². The summed E-state index contributed by atoms with van der Waals surface area (Å²) in [7, 11) is 0. The van der Waals surface area contributed by atoms with Crippen molar-refractivity contribution in [2.24, 2.45) is 5.41 Å². The number of hydrogen-bond acceptors (Lipinski definition) is 1. The largest absolute Gasteiger partial charge is 0.347 e. The van der Waals surface area contributed by atoms with Gasteiger partial charge in [-0.3, -0.25) is 4.79 Å². The van der Waals surface area contributed by atoms with Crippen molar-refractivity contribution in [3.63, 3.8) is 0 Å². The minimum atomic E-state index is 0.0486. The SMILES string of the molecule is CCn1cc(Br)cc1C(=O)NC1CCCCC1(C)C. The number of halogens is 1. The highest BCUT2D eigenvalue weighted by Gasteiger charge is 2.33. The normalized spacial score (nSPS) is 22.2. The third-order valence-corrected chi connectivity index (χ3v) is 4.68. The summed E-state index contributed by atoms with van der Waals surface area (Å²) in [5.41, 5.74) is 0.949. The molecule has 19 heavy (non-hydrogen) atoms. The first-order chi connectivity index (χ1) is 8.94. The van der Waals surface area contributed by atoms with Crippen LogP contribution in [0.4, 0.5) is 0 Å². The minimum Gasteiger partial charge on any atom is -0.347 e. The topological polar surface area (TPSA) is 34.0 Å². The van der Waals surface area contributed by atoms with E-state index in [9.17, 15) is 4.79 Å². The highest BCUT2D eigenvalue weighted by atomic mass is 79.9.